The van der Waals surface area contributed by atoms with Gasteiger partial charge in [0, 0.05) is 22.6 Å². The third-order valence-corrected chi connectivity index (χ3v) is 3.66. The summed E-state index contributed by atoms with van der Waals surface area (Å²) in [5.41, 5.74) is 4.21. The molecule has 0 fully saturated rings. The average molecular weight is 318 g/mol. The molecule has 22 heavy (non-hydrogen) atoms. The van der Waals surface area contributed by atoms with E-state index < -0.39 is 4.92 Å². The van der Waals surface area contributed by atoms with E-state index >= 15 is 0 Å². The zero-order chi connectivity index (χ0) is 16.1. The number of nitro benzene ring substituents is 1. The summed E-state index contributed by atoms with van der Waals surface area (Å²) in [5.74, 6) is -0.289. The van der Waals surface area contributed by atoms with Crippen molar-refractivity contribution in [2.24, 2.45) is 5.10 Å². The first-order chi connectivity index (χ1) is 10.5. The molecule has 114 valence electrons. The van der Waals surface area contributed by atoms with Crippen molar-refractivity contribution in [1.82, 2.24) is 10.4 Å². The number of amides is 1. The van der Waals surface area contributed by atoms with Gasteiger partial charge in [-0.25, -0.2) is 10.4 Å². The van der Waals surface area contributed by atoms with Crippen molar-refractivity contribution < 1.29 is 9.72 Å². The third-order valence-electron chi connectivity index (χ3n) is 2.84. The Labute approximate surface area is 130 Å². The van der Waals surface area contributed by atoms with Crippen LogP contribution in [0.2, 0.25) is 0 Å². The Morgan fingerprint density at radius 2 is 2.27 bits per heavy atom. The largest absolute Gasteiger partial charge is 0.273 e. The van der Waals surface area contributed by atoms with Crippen molar-refractivity contribution in [3.8, 4) is 0 Å². The van der Waals surface area contributed by atoms with E-state index in [0.717, 1.165) is 5.01 Å². The van der Waals surface area contributed by atoms with Crippen LogP contribution >= 0.6 is 11.3 Å². The van der Waals surface area contributed by atoms with E-state index in [1.165, 1.54) is 23.6 Å². The Morgan fingerprint density at radius 3 is 2.91 bits per heavy atom. The third kappa shape index (κ3) is 4.19. The zero-order valence-electron chi connectivity index (χ0n) is 12.1. The maximum atomic E-state index is 11.7. The van der Waals surface area contributed by atoms with Crippen LogP contribution in [-0.4, -0.2) is 22.0 Å². The van der Waals surface area contributed by atoms with Gasteiger partial charge in [-0.1, -0.05) is 12.1 Å². The molecule has 0 unspecified atom stereocenters. The number of carbonyl (C=O) groups is 1. The second kappa shape index (κ2) is 6.90. The summed E-state index contributed by atoms with van der Waals surface area (Å²) in [7, 11) is 0. The smallest absolute Gasteiger partial charge is 0.272 e. The molecule has 2 rings (SSSR count). The van der Waals surface area contributed by atoms with Crippen molar-refractivity contribution in [1.29, 1.82) is 0 Å². The number of hydrogen-bond acceptors (Lipinski definition) is 6. The van der Waals surface area contributed by atoms with Gasteiger partial charge in [0.25, 0.3) is 5.69 Å². The van der Waals surface area contributed by atoms with Gasteiger partial charge >= 0.3 is 0 Å². The Hall–Kier alpha value is -2.61. The number of nitrogens with one attached hydrogen (secondary N) is 1. The van der Waals surface area contributed by atoms with E-state index in [4.69, 9.17) is 0 Å². The molecule has 7 nitrogen and oxygen atoms in total. The average Bonchev–Trinajstić information content (AvgIpc) is 2.85. The second-order valence-electron chi connectivity index (χ2n) is 4.63. The quantitative estimate of drug-likeness (QED) is 0.520. The molecule has 0 saturated heterocycles. The number of rotatable bonds is 5. The lowest BCUT2D eigenvalue weighted by atomic mass is 10.1. The van der Waals surface area contributed by atoms with Crippen LogP contribution in [0.1, 0.15) is 21.8 Å². The fraction of sp³-hybridized carbons (Fsp3) is 0.214. The van der Waals surface area contributed by atoms with Crippen LogP contribution in [0, 0.1) is 24.0 Å². The number of carbonyl (C=O) groups excluding carboxylic acids is 1. The van der Waals surface area contributed by atoms with Crippen molar-refractivity contribution in [2.45, 2.75) is 20.3 Å². The predicted molar refractivity (Wildman–Crippen MR) is 84.1 cm³/mol. The molecule has 1 heterocycles. The molecule has 0 aliphatic heterocycles. The van der Waals surface area contributed by atoms with E-state index in [-0.39, 0.29) is 18.0 Å². The molecular weight excluding hydrogens is 304 g/mol. The molecule has 0 bridgehead atoms. The molecule has 1 aromatic carbocycles. The normalized spacial score (nSPS) is 10.8. The van der Waals surface area contributed by atoms with Gasteiger partial charge in [-0.3, -0.25) is 14.9 Å². The molecule has 1 amide bonds. The predicted octanol–water partition coefficient (Wildman–Crippen LogP) is 2.36. The van der Waals surface area contributed by atoms with Crippen LogP contribution in [0.25, 0.3) is 0 Å². The molecule has 0 spiro atoms. The Balaban J connectivity index is 1.96. The molecule has 0 aliphatic rings. The lowest BCUT2D eigenvalue weighted by Crippen LogP contribution is -2.19. The number of aryl methyl sites for hydroxylation is 2. The highest BCUT2D eigenvalue weighted by atomic mass is 32.1. The van der Waals surface area contributed by atoms with Crippen molar-refractivity contribution >= 4 is 29.1 Å². The topological polar surface area (TPSA) is 97.5 Å². The number of hydrogen-bond donors (Lipinski definition) is 1. The standard InChI is InChI=1S/C14H14N4O3S/c1-9-3-4-11(5-13(9)18(20)21)7-15-17-14(19)6-12-8-22-10(2)16-12/h3-5,7-8H,6H2,1-2H3,(H,17,19)/b15-7-. The van der Waals surface area contributed by atoms with Gasteiger partial charge in [0.2, 0.25) is 5.91 Å². The van der Waals surface area contributed by atoms with Gasteiger partial charge in [-0.05, 0) is 13.8 Å². The lowest BCUT2D eigenvalue weighted by Gasteiger charge is -1.99. The molecular formula is C14H14N4O3S. The highest BCUT2D eigenvalue weighted by Gasteiger charge is 2.10. The number of thiazole rings is 1. The van der Waals surface area contributed by atoms with Crippen LogP contribution in [0.4, 0.5) is 5.69 Å². The lowest BCUT2D eigenvalue weighted by molar-refractivity contribution is -0.385. The van der Waals surface area contributed by atoms with Gasteiger partial charge in [-0.2, -0.15) is 5.10 Å². The summed E-state index contributed by atoms with van der Waals surface area (Å²) in [4.78, 5) is 26.3. The molecule has 0 saturated carbocycles. The van der Waals surface area contributed by atoms with Gasteiger partial charge in [-0.15, -0.1) is 11.3 Å². The second-order valence-corrected chi connectivity index (χ2v) is 5.69. The van der Waals surface area contributed by atoms with Crippen LogP contribution < -0.4 is 5.43 Å². The molecule has 8 heteroatoms. The molecule has 1 aromatic heterocycles. The van der Waals surface area contributed by atoms with Gasteiger partial charge in [0.1, 0.15) is 0 Å². The molecule has 0 atom stereocenters. The zero-order valence-corrected chi connectivity index (χ0v) is 12.9. The van der Waals surface area contributed by atoms with Gasteiger partial charge in [0.15, 0.2) is 0 Å². The summed E-state index contributed by atoms with van der Waals surface area (Å²) in [5, 5.41) is 17.4. The molecule has 1 N–H and O–H groups in total. The summed E-state index contributed by atoms with van der Waals surface area (Å²) >= 11 is 1.48. The van der Waals surface area contributed by atoms with Crippen molar-refractivity contribution in [3.63, 3.8) is 0 Å². The summed E-state index contributed by atoms with van der Waals surface area (Å²) < 4.78 is 0. The Morgan fingerprint density at radius 1 is 1.50 bits per heavy atom. The summed E-state index contributed by atoms with van der Waals surface area (Å²) in [6.45, 7) is 3.53. The Kier molecular flexibility index (Phi) is 4.95. The minimum atomic E-state index is -0.449. The summed E-state index contributed by atoms with van der Waals surface area (Å²) in [6, 6.07) is 4.75. The molecule has 0 aliphatic carbocycles. The number of nitrogens with zero attached hydrogens (tertiary/aromatic N) is 3. The highest BCUT2D eigenvalue weighted by molar-refractivity contribution is 7.09. The van der Waals surface area contributed by atoms with Crippen LogP contribution in [0.3, 0.4) is 0 Å². The fourth-order valence-electron chi connectivity index (χ4n) is 1.78. The van der Waals surface area contributed by atoms with Crippen LogP contribution in [0.15, 0.2) is 28.7 Å². The number of aromatic nitrogens is 1. The molecule has 2 aromatic rings. The van der Waals surface area contributed by atoms with E-state index in [1.54, 1.807) is 19.1 Å². The van der Waals surface area contributed by atoms with Crippen LogP contribution in [0.5, 0.6) is 0 Å². The highest BCUT2D eigenvalue weighted by Crippen LogP contribution is 2.18. The Bertz CT molecular complexity index is 739. The van der Waals surface area contributed by atoms with Gasteiger partial charge < -0.3 is 0 Å². The minimum absolute atomic E-state index is 0.0215. The van der Waals surface area contributed by atoms with Gasteiger partial charge in [0.05, 0.1) is 28.3 Å². The molecule has 0 radical (unpaired) electrons. The van der Waals surface area contributed by atoms with Crippen LogP contribution in [-0.2, 0) is 11.2 Å². The van der Waals surface area contributed by atoms with Crippen molar-refractivity contribution in [2.75, 3.05) is 0 Å². The maximum absolute atomic E-state index is 11.7. The SMILES string of the molecule is Cc1nc(CC(=O)N/N=C\c2ccc(C)c([N+](=O)[O-])c2)cs1. The first kappa shape index (κ1) is 15.8. The number of benzene rings is 1. The van der Waals surface area contributed by atoms with E-state index in [2.05, 4.69) is 15.5 Å². The van der Waals surface area contributed by atoms with E-state index in [1.807, 2.05) is 12.3 Å². The first-order valence-corrected chi connectivity index (χ1v) is 7.31. The van der Waals surface area contributed by atoms with E-state index in [0.29, 0.717) is 16.8 Å². The summed E-state index contributed by atoms with van der Waals surface area (Å²) in [6.07, 6.45) is 1.52. The number of hydrazone groups is 1. The number of nitro groups is 1. The van der Waals surface area contributed by atoms with Crippen molar-refractivity contribution in [3.05, 3.63) is 55.5 Å². The first-order valence-electron chi connectivity index (χ1n) is 6.43. The van der Waals surface area contributed by atoms with E-state index in [9.17, 15) is 14.9 Å². The fourth-order valence-corrected chi connectivity index (χ4v) is 2.39. The minimum Gasteiger partial charge on any atom is -0.273 e. The maximum Gasteiger partial charge on any atom is 0.272 e. The monoisotopic (exact) mass is 318 g/mol.